The van der Waals surface area contributed by atoms with Gasteiger partial charge in [-0.1, -0.05) is 30.3 Å². The van der Waals surface area contributed by atoms with Crippen molar-refractivity contribution in [1.82, 2.24) is 0 Å². The average molecular weight is 281 g/mol. The van der Waals surface area contributed by atoms with Crippen LogP contribution in [0.15, 0.2) is 30.3 Å². The van der Waals surface area contributed by atoms with Gasteiger partial charge in [0.2, 0.25) is 0 Å². The summed E-state index contributed by atoms with van der Waals surface area (Å²) in [5, 5.41) is 8.30. The molecule has 0 N–H and O–H groups in total. The topological polar surface area (TPSA) is 84.2 Å². The number of carbonyl (C=O) groups is 1. The Balaban J connectivity index is 2.31. The van der Waals surface area contributed by atoms with E-state index in [0.717, 1.165) is 5.56 Å². The normalized spacial score (nSPS) is 10.7. The minimum atomic E-state index is -3.54. The van der Waals surface area contributed by atoms with Crippen LogP contribution in [0.4, 0.5) is 0 Å². The number of rotatable bonds is 7. The molecule has 0 bridgehead atoms. The van der Waals surface area contributed by atoms with E-state index < -0.39 is 21.6 Å². The van der Waals surface area contributed by atoms with Crippen LogP contribution in [0, 0.1) is 11.3 Å². The van der Waals surface area contributed by atoms with Gasteiger partial charge in [-0.2, -0.15) is 5.26 Å². The standard InChI is InChI=1S/C13H15NO4S/c14-8-4-10-19(16,17)11-13(15)18-9-7-12-5-2-1-3-6-12/h1-3,5-6H,4,7,9-11H2. The number of esters is 1. The smallest absolute Gasteiger partial charge is 0.321 e. The molecule has 0 aromatic heterocycles. The molecule has 5 nitrogen and oxygen atoms in total. The van der Waals surface area contributed by atoms with Gasteiger partial charge in [-0.25, -0.2) is 8.42 Å². The summed E-state index contributed by atoms with van der Waals surface area (Å²) < 4.78 is 27.6. The monoisotopic (exact) mass is 281 g/mol. The van der Waals surface area contributed by atoms with Crippen LogP contribution in [0.3, 0.4) is 0 Å². The number of ether oxygens (including phenoxy) is 1. The Hall–Kier alpha value is -1.87. The Morgan fingerprint density at radius 3 is 2.58 bits per heavy atom. The van der Waals surface area contributed by atoms with Crippen LogP contribution < -0.4 is 0 Å². The molecular weight excluding hydrogens is 266 g/mol. The van der Waals surface area contributed by atoms with Crippen LogP contribution in [0.5, 0.6) is 0 Å². The zero-order chi connectivity index (χ0) is 14.1. The number of nitriles is 1. The minimum Gasteiger partial charge on any atom is -0.465 e. The Labute approximate surface area is 112 Å². The molecule has 1 rings (SSSR count). The molecule has 1 aromatic carbocycles. The summed E-state index contributed by atoms with van der Waals surface area (Å²) in [7, 11) is -3.54. The molecule has 0 saturated heterocycles. The second-order valence-electron chi connectivity index (χ2n) is 3.96. The molecular formula is C13H15NO4S. The van der Waals surface area contributed by atoms with Crippen molar-refractivity contribution in [2.24, 2.45) is 0 Å². The van der Waals surface area contributed by atoms with Crippen LogP contribution in [0.25, 0.3) is 0 Å². The van der Waals surface area contributed by atoms with Gasteiger partial charge in [-0.3, -0.25) is 4.79 Å². The molecule has 0 unspecified atom stereocenters. The lowest BCUT2D eigenvalue weighted by molar-refractivity contribution is -0.140. The van der Waals surface area contributed by atoms with Gasteiger partial charge in [-0.15, -0.1) is 0 Å². The van der Waals surface area contributed by atoms with Crippen molar-refractivity contribution >= 4 is 15.8 Å². The highest BCUT2D eigenvalue weighted by molar-refractivity contribution is 7.92. The van der Waals surface area contributed by atoms with Crippen molar-refractivity contribution in [3.05, 3.63) is 35.9 Å². The fourth-order valence-electron chi connectivity index (χ4n) is 1.42. The van der Waals surface area contributed by atoms with Crippen LogP contribution in [-0.2, 0) is 25.8 Å². The molecule has 1 aromatic rings. The summed E-state index contributed by atoms with van der Waals surface area (Å²) in [6.45, 7) is 0.149. The Bertz CT molecular complexity index is 546. The van der Waals surface area contributed by atoms with E-state index in [1.54, 1.807) is 6.07 Å². The third kappa shape index (κ3) is 6.58. The summed E-state index contributed by atoms with van der Waals surface area (Å²) in [6, 6.07) is 11.2. The van der Waals surface area contributed by atoms with Crippen LogP contribution >= 0.6 is 0 Å². The Morgan fingerprint density at radius 2 is 1.95 bits per heavy atom. The van der Waals surface area contributed by atoms with Crippen molar-refractivity contribution in [3.63, 3.8) is 0 Å². The third-order valence-electron chi connectivity index (χ3n) is 2.36. The molecule has 0 fully saturated rings. The summed E-state index contributed by atoms with van der Waals surface area (Å²) in [6.07, 6.45) is 0.435. The van der Waals surface area contributed by atoms with Gasteiger partial charge in [0.05, 0.1) is 18.4 Å². The van der Waals surface area contributed by atoms with E-state index in [-0.39, 0.29) is 18.8 Å². The summed E-state index contributed by atoms with van der Waals surface area (Å²) in [4.78, 5) is 11.3. The SMILES string of the molecule is N#CCCS(=O)(=O)CC(=O)OCCc1ccccc1. The molecule has 6 heteroatoms. The number of hydrogen-bond acceptors (Lipinski definition) is 5. The lowest BCUT2D eigenvalue weighted by Crippen LogP contribution is -2.21. The molecule has 0 spiro atoms. The predicted molar refractivity (Wildman–Crippen MR) is 70.0 cm³/mol. The first-order valence-corrected chi connectivity index (χ1v) is 7.62. The summed E-state index contributed by atoms with van der Waals surface area (Å²) in [5.74, 6) is -1.74. The van der Waals surface area contributed by atoms with E-state index in [1.807, 2.05) is 30.3 Å². The van der Waals surface area contributed by atoms with Crippen molar-refractivity contribution in [3.8, 4) is 6.07 Å². The summed E-state index contributed by atoms with van der Waals surface area (Å²) >= 11 is 0. The van der Waals surface area contributed by atoms with Gasteiger partial charge in [0.1, 0.15) is 5.75 Å². The fourth-order valence-corrected chi connectivity index (χ4v) is 2.41. The molecule has 0 aliphatic rings. The van der Waals surface area contributed by atoms with E-state index >= 15 is 0 Å². The zero-order valence-electron chi connectivity index (χ0n) is 10.4. The second kappa shape index (κ2) is 7.54. The zero-order valence-corrected chi connectivity index (χ0v) is 11.2. The molecule has 0 saturated carbocycles. The van der Waals surface area contributed by atoms with Crippen molar-refractivity contribution in [2.45, 2.75) is 12.8 Å². The largest absolute Gasteiger partial charge is 0.465 e. The average Bonchev–Trinajstić information content (AvgIpc) is 2.37. The van der Waals surface area contributed by atoms with E-state index in [4.69, 9.17) is 10.00 Å². The molecule has 102 valence electrons. The molecule has 0 aliphatic heterocycles. The molecule has 0 radical (unpaired) electrons. The Kier molecular flexibility index (Phi) is 6.03. The lowest BCUT2D eigenvalue weighted by Gasteiger charge is -2.05. The first kappa shape index (κ1) is 15.2. The number of hydrogen-bond donors (Lipinski definition) is 0. The molecule has 0 heterocycles. The predicted octanol–water partition coefficient (Wildman–Crippen LogP) is 1.10. The third-order valence-corrected chi connectivity index (χ3v) is 3.86. The maximum Gasteiger partial charge on any atom is 0.321 e. The highest BCUT2D eigenvalue weighted by atomic mass is 32.2. The highest BCUT2D eigenvalue weighted by Gasteiger charge is 2.17. The number of benzene rings is 1. The number of carbonyl (C=O) groups excluding carboxylic acids is 1. The van der Waals surface area contributed by atoms with E-state index in [2.05, 4.69) is 0 Å². The minimum absolute atomic E-state index is 0.111. The van der Waals surface area contributed by atoms with Crippen LogP contribution in [0.1, 0.15) is 12.0 Å². The maximum absolute atomic E-state index is 11.4. The van der Waals surface area contributed by atoms with Gasteiger partial charge >= 0.3 is 5.97 Å². The number of sulfone groups is 1. The Morgan fingerprint density at radius 1 is 1.26 bits per heavy atom. The van der Waals surface area contributed by atoms with Gasteiger partial charge < -0.3 is 4.74 Å². The van der Waals surface area contributed by atoms with Gasteiger partial charge in [-0.05, 0) is 5.56 Å². The lowest BCUT2D eigenvalue weighted by atomic mass is 10.2. The van der Waals surface area contributed by atoms with Gasteiger partial charge in [0.25, 0.3) is 0 Å². The second-order valence-corrected chi connectivity index (χ2v) is 6.14. The molecule has 0 atom stereocenters. The first-order valence-electron chi connectivity index (χ1n) is 5.80. The van der Waals surface area contributed by atoms with Gasteiger partial charge in [0.15, 0.2) is 9.84 Å². The fraction of sp³-hybridized carbons (Fsp3) is 0.385. The summed E-state index contributed by atoms with van der Waals surface area (Å²) in [5.41, 5.74) is 1.02. The van der Waals surface area contributed by atoms with E-state index in [9.17, 15) is 13.2 Å². The molecule has 0 aliphatic carbocycles. The van der Waals surface area contributed by atoms with Crippen molar-refractivity contribution in [1.29, 1.82) is 5.26 Å². The number of nitrogens with zero attached hydrogens (tertiary/aromatic N) is 1. The van der Waals surface area contributed by atoms with E-state index in [1.165, 1.54) is 0 Å². The van der Waals surface area contributed by atoms with Crippen molar-refractivity contribution < 1.29 is 17.9 Å². The van der Waals surface area contributed by atoms with Crippen LogP contribution in [0.2, 0.25) is 0 Å². The highest BCUT2D eigenvalue weighted by Crippen LogP contribution is 2.01. The first-order chi connectivity index (χ1) is 9.03. The van der Waals surface area contributed by atoms with E-state index in [0.29, 0.717) is 6.42 Å². The molecule has 0 amide bonds. The molecule has 19 heavy (non-hydrogen) atoms. The quantitative estimate of drug-likeness (QED) is 0.699. The van der Waals surface area contributed by atoms with Gasteiger partial charge in [0, 0.05) is 12.8 Å². The van der Waals surface area contributed by atoms with Crippen LogP contribution in [-0.4, -0.2) is 32.5 Å². The maximum atomic E-state index is 11.4. The van der Waals surface area contributed by atoms with Crippen molar-refractivity contribution in [2.75, 3.05) is 18.1 Å².